The highest BCUT2D eigenvalue weighted by Crippen LogP contribution is 2.67. The molecule has 8 aromatic carbocycles. The summed E-state index contributed by atoms with van der Waals surface area (Å²) in [6.07, 6.45) is 13.1. The molecule has 4 N–H and O–H groups in total. The first-order valence-electron chi connectivity index (χ1n) is 19.8. The number of hydrogen-bond acceptors (Lipinski definition) is 2. The van der Waals surface area contributed by atoms with Crippen LogP contribution < -0.4 is 11.5 Å². The van der Waals surface area contributed by atoms with Gasteiger partial charge in [-0.2, -0.15) is 0 Å². The summed E-state index contributed by atoms with van der Waals surface area (Å²) in [4.78, 5) is 0. The number of rotatable bonds is 4. The Hall–Kier alpha value is -7.16. The van der Waals surface area contributed by atoms with Gasteiger partial charge in [0.1, 0.15) is 0 Å². The van der Waals surface area contributed by atoms with Crippen LogP contribution in [0.1, 0.15) is 41.2 Å². The molecule has 0 saturated heterocycles. The van der Waals surface area contributed by atoms with Gasteiger partial charge in [0.25, 0.3) is 0 Å². The molecular weight excluding hydrogens is 689 g/mol. The maximum Gasteiger partial charge on any atom is 0.0737 e. The molecule has 0 atom stereocenters. The van der Waals surface area contributed by atoms with Gasteiger partial charge in [0.15, 0.2) is 0 Å². The summed E-state index contributed by atoms with van der Waals surface area (Å²) in [5.74, 6) is 0. The molecule has 57 heavy (non-hydrogen) atoms. The third-order valence-corrected chi connectivity index (χ3v) is 12.5. The highest BCUT2D eigenvalue weighted by molar-refractivity contribution is 6.22. The molecule has 0 radical (unpaired) electrons. The van der Waals surface area contributed by atoms with E-state index in [0.717, 1.165) is 28.0 Å². The zero-order valence-electron chi connectivity index (χ0n) is 31.8. The molecule has 11 rings (SSSR count). The molecule has 8 aromatic rings. The minimum absolute atomic E-state index is 0.512. The van der Waals surface area contributed by atoms with Crippen LogP contribution in [0.2, 0.25) is 0 Å². The molecule has 0 aliphatic heterocycles. The molecule has 270 valence electrons. The lowest BCUT2D eigenvalue weighted by atomic mass is 9.68. The zero-order chi connectivity index (χ0) is 38.3. The Kier molecular flexibility index (Phi) is 7.39. The van der Waals surface area contributed by atoms with Gasteiger partial charge in [-0.05, 0) is 130 Å². The van der Waals surface area contributed by atoms with Crippen molar-refractivity contribution in [3.63, 3.8) is 0 Å². The van der Waals surface area contributed by atoms with Gasteiger partial charge >= 0.3 is 0 Å². The lowest BCUT2D eigenvalue weighted by Crippen LogP contribution is -2.26. The summed E-state index contributed by atoms with van der Waals surface area (Å²) in [7, 11) is 0. The first kappa shape index (κ1) is 33.2. The summed E-state index contributed by atoms with van der Waals surface area (Å²) in [5.41, 5.74) is 30.5. The normalized spacial score (nSPS) is 15.9. The number of allylic oxidation sites excluding steroid dienone is 8. The van der Waals surface area contributed by atoms with E-state index in [9.17, 15) is 0 Å². The fourth-order valence-electron chi connectivity index (χ4n) is 10.2. The average Bonchev–Trinajstić information content (AvgIpc) is 3.74. The van der Waals surface area contributed by atoms with Crippen molar-refractivity contribution in [3.05, 3.63) is 233 Å². The van der Waals surface area contributed by atoms with Gasteiger partial charge < -0.3 is 11.5 Å². The minimum Gasteiger partial charge on any atom is -0.401 e. The van der Waals surface area contributed by atoms with Gasteiger partial charge in [0.2, 0.25) is 0 Å². The van der Waals surface area contributed by atoms with Crippen molar-refractivity contribution in [2.45, 2.75) is 18.8 Å². The zero-order valence-corrected chi connectivity index (χ0v) is 31.8. The Bertz CT molecular complexity index is 3140. The van der Waals surface area contributed by atoms with Crippen molar-refractivity contribution in [3.8, 4) is 33.4 Å². The molecule has 0 aromatic heterocycles. The lowest BCUT2D eigenvalue weighted by molar-refractivity contribution is 0.809. The van der Waals surface area contributed by atoms with Crippen LogP contribution in [0, 0.1) is 0 Å². The largest absolute Gasteiger partial charge is 0.401 e. The van der Waals surface area contributed by atoms with Gasteiger partial charge in [0, 0.05) is 17.8 Å². The van der Waals surface area contributed by atoms with Gasteiger partial charge in [-0.25, -0.2) is 0 Å². The highest BCUT2D eigenvalue weighted by atomic mass is 14.6. The highest BCUT2D eigenvalue weighted by Gasteiger charge is 2.54. The number of nitrogens with two attached hydrogens (primary N) is 2. The smallest absolute Gasteiger partial charge is 0.0737 e. The van der Waals surface area contributed by atoms with Crippen LogP contribution in [0.3, 0.4) is 0 Å². The standard InChI is InChI=1S/C55H40N2/c1-2-14-35-29-27-34(31-51(35)57)28-30-50(56)37-16-13-15-36(32-37)46-33-47-52-43-22-6-3-17-38(43)39-18-4-8-24-45(39)54(52)55(53(47)44-23-7-5-19-40(44)46)48-25-11-9-20-41(48)42-21-10-12-26-49(42)55/h2-30,32-33H,31,56-57H2,1H3/b14-2-,34-28-,50-30-. The number of fused-ring (bicyclic) bond motifs is 17. The first-order chi connectivity index (χ1) is 28.1. The van der Waals surface area contributed by atoms with E-state index in [1.54, 1.807) is 0 Å². The van der Waals surface area contributed by atoms with Crippen LogP contribution in [0.25, 0.3) is 71.4 Å². The fraction of sp³-hybridized carbons (Fsp3) is 0.0545. The molecule has 0 heterocycles. The molecular formula is C55H40N2. The monoisotopic (exact) mass is 728 g/mol. The third kappa shape index (κ3) is 4.71. The van der Waals surface area contributed by atoms with Gasteiger partial charge in [-0.1, -0.05) is 170 Å². The summed E-state index contributed by atoms with van der Waals surface area (Å²) in [6, 6.07) is 56.5. The van der Waals surface area contributed by atoms with Crippen molar-refractivity contribution in [2.24, 2.45) is 11.5 Å². The molecule has 0 fully saturated rings. The van der Waals surface area contributed by atoms with Crippen LogP contribution in [-0.4, -0.2) is 0 Å². The molecule has 1 spiro atoms. The Morgan fingerprint density at radius 3 is 1.84 bits per heavy atom. The summed E-state index contributed by atoms with van der Waals surface area (Å²) in [5, 5.41) is 7.65. The first-order valence-corrected chi connectivity index (χ1v) is 19.8. The van der Waals surface area contributed by atoms with Gasteiger partial charge in [-0.3, -0.25) is 0 Å². The molecule has 0 saturated carbocycles. The summed E-state index contributed by atoms with van der Waals surface area (Å²) >= 11 is 0. The Morgan fingerprint density at radius 1 is 0.561 bits per heavy atom. The quantitative estimate of drug-likeness (QED) is 0.177. The van der Waals surface area contributed by atoms with Crippen LogP contribution in [-0.2, 0) is 5.41 Å². The van der Waals surface area contributed by atoms with E-state index in [1.165, 1.54) is 82.4 Å². The second-order valence-electron chi connectivity index (χ2n) is 15.5. The fourth-order valence-corrected chi connectivity index (χ4v) is 10.2. The topological polar surface area (TPSA) is 52.0 Å². The van der Waals surface area contributed by atoms with Crippen LogP contribution in [0.5, 0.6) is 0 Å². The summed E-state index contributed by atoms with van der Waals surface area (Å²) in [6.45, 7) is 2.01. The molecule has 0 unspecified atom stereocenters. The van der Waals surface area contributed by atoms with E-state index in [4.69, 9.17) is 11.5 Å². The maximum absolute atomic E-state index is 6.86. The van der Waals surface area contributed by atoms with Gasteiger partial charge in [-0.15, -0.1) is 0 Å². The van der Waals surface area contributed by atoms with Crippen molar-refractivity contribution < 1.29 is 0 Å². The SMILES string of the molecule is C/C=C\C1=C(N)C/C(=C\C=C(/N)c2cccc(-c3cc4c(c5ccccc35)C3(c5ccccc5-c5ccccc53)c3c-4c4ccccc4c4ccccc34)c2)C=C1. The Balaban J connectivity index is 1.19. The Labute approximate surface area is 333 Å². The van der Waals surface area contributed by atoms with E-state index in [-0.39, 0.29) is 0 Å². The number of hydrogen-bond donors (Lipinski definition) is 2. The van der Waals surface area contributed by atoms with Crippen LogP contribution >= 0.6 is 0 Å². The second kappa shape index (κ2) is 12.7. The maximum atomic E-state index is 6.86. The van der Waals surface area contributed by atoms with Crippen molar-refractivity contribution in [1.82, 2.24) is 0 Å². The predicted molar refractivity (Wildman–Crippen MR) is 241 cm³/mol. The van der Waals surface area contributed by atoms with E-state index >= 15 is 0 Å². The van der Waals surface area contributed by atoms with Crippen molar-refractivity contribution in [2.75, 3.05) is 0 Å². The molecule has 0 amide bonds. The van der Waals surface area contributed by atoms with E-state index in [1.807, 2.05) is 19.1 Å². The van der Waals surface area contributed by atoms with Crippen molar-refractivity contribution in [1.29, 1.82) is 0 Å². The van der Waals surface area contributed by atoms with Gasteiger partial charge in [0.05, 0.1) is 5.41 Å². The van der Waals surface area contributed by atoms with E-state index < -0.39 is 5.41 Å². The molecule has 3 aliphatic carbocycles. The lowest BCUT2D eigenvalue weighted by Gasteiger charge is -2.33. The van der Waals surface area contributed by atoms with Crippen LogP contribution in [0.4, 0.5) is 0 Å². The Morgan fingerprint density at radius 2 is 1.16 bits per heavy atom. The van der Waals surface area contributed by atoms with Crippen molar-refractivity contribution >= 4 is 38.0 Å². The molecule has 3 aliphatic rings. The van der Waals surface area contributed by atoms with E-state index in [2.05, 4.69) is 176 Å². The second-order valence-corrected chi connectivity index (χ2v) is 15.5. The molecule has 2 heteroatoms. The average molecular weight is 729 g/mol. The number of benzene rings is 8. The van der Waals surface area contributed by atoms with E-state index in [0.29, 0.717) is 12.1 Å². The molecule has 0 bridgehead atoms. The third-order valence-electron chi connectivity index (χ3n) is 12.5. The predicted octanol–water partition coefficient (Wildman–Crippen LogP) is 13.1. The van der Waals surface area contributed by atoms with Crippen LogP contribution in [0.15, 0.2) is 205 Å². The molecule has 2 nitrogen and oxygen atoms in total. The minimum atomic E-state index is -0.512. The summed E-state index contributed by atoms with van der Waals surface area (Å²) < 4.78 is 0.